The molecule has 2 aromatic rings. The Hall–Kier alpha value is -2.21. The summed E-state index contributed by atoms with van der Waals surface area (Å²) in [5.74, 6) is 0. The van der Waals surface area contributed by atoms with Gasteiger partial charge in [0.05, 0.1) is 10.6 Å². The summed E-state index contributed by atoms with van der Waals surface area (Å²) in [6, 6.07) is 8.74. The molecule has 6 nitrogen and oxygen atoms in total. The number of nitrogens with one attached hydrogen (secondary N) is 1. The van der Waals surface area contributed by atoms with E-state index >= 15 is 0 Å². The fourth-order valence-corrected chi connectivity index (χ4v) is 1.87. The smallest absolute Gasteiger partial charge is 0.273 e. The molecule has 0 aliphatic heterocycles. The van der Waals surface area contributed by atoms with Crippen LogP contribution in [-0.4, -0.2) is 21.2 Å². The van der Waals surface area contributed by atoms with Crippen LogP contribution in [-0.2, 0) is 20.0 Å². The average Bonchev–Trinajstić information content (AvgIpc) is 2.81. The molecule has 1 aromatic carbocycles. The standard InChI is InChI=1S/C13H16N4O2/c1-16-9-7-12(15-16)6-8-14-10-11-4-2-3-5-13(11)17(18)19/h2-5,7,9,14H,6,8,10H2,1H3. The van der Waals surface area contributed by atoms with Gasteiger partial charge < -0.3 is 5.32 Å². The fraction of sp³-hybridized carbons (Fsp3) is 0.308. The van der Waals surface area contributed by atoms with E-state index in [1.807, 2.05) is 25.4 Å². The number of hydrogen-bond donors (Lipinski definition) is 1. The maximum Gasteiger partial charge on any atom is 0.273 e. The van der Waals surface area contributed by atoms with E-state index in [4.69, 9.17) is 0 Å². The first-order valence-electron chi connectivity index (χ1n) is 6.08. The second-order valence-electron chi connectivity index (χ2n) is 4.29. The minimum absolute atomic E-state index is 0.160. The molecule has 0 spiro atoms. The second-order valence-corrected chi connectivity index (χ2v) is 4.29. The Balaban J connectivity index is 1.84. The topological polar surface area (TPSA) is 73.0 Å². The van der Waals surface area contributed by atoms with Gasteiger partial charge in [-0.1, -0.05) is 18.2 Å². The second kappa shape index (κ2) is 6.10. The monoisotopic (exact) mass is 260 g/mol. The lowest BCUT2D eigenvalue weighted by Crippen LogP contribution is -2.17. The lowest BCUT2D eigenvalue weighted by Gasteiger charge is -2.04. The summed E-state index contributed by atoms with van der Waals surface area (Å²) in [5, 5.41) is 18.3. The zero-order valence-electron chi connectivity index (χ0n) is 10.7. The Morgan fingerprint density at radius 2 is 2.16 bits per heavy atom. The summed E-state index contributed by atoms with van der Waals surface area (Å²) < 4.78 is 1.76. The molecule has 1 N–H and O–H groups in total. The summed E-state index contributed by atoms with van der Waals surface area (Å²) >= 11 is 0. The van der Waals surface area contributed by atoms with Crippen LogP contribution in [0.2, 0.25) is 0 Å². The quantitative estimate of drug-likeness (QED) is 0.487. The lowest BCUT2D eigenvalue weighted by molar-refractivity contribution is -0.385. The predicted molar refractivity (Wildman–Crippen MR) is 71.7 cm³/mol. The zero-order valence-corrected chi connectivity index (χ0v) is 10.7. The molecule has 0 fully saturated rings. The van der Waals surface area contributed by atoms with Gasteiger partial charge in [0.25, 0.3) is 5.69 Å². The maximum absolute atomic E-state index is 10.8. The highest BCUT2D eigenvalue weighted by molar-refractivity contribution is 5.39. The fourth-order valence-electron chi connectivity index (χ4n) is 1.87. The molecular formula is C13H16N4O2. The molecule has 0 aliphatic rings. The van der Waals surface area contributed by atoms with Crippen molar-refractivity contribution >= 4 is 5.69 Å². The van der Waals surface area contributed by atoms with Gasteiger partial charge in [-0.05, 0) is 6.07 Å². The molecule has 100 valence electrons. The van der Waals surface area contributed by atoms with Crippen LogP contribution in [0.5, 0.6) is 0 Å². The Bertz CT molecular complexity index is 565. The van der Waals surface area contributed by atoms with Gasteiger partial charge in [-0.25, -0.2) is 0 Å². The zero-order chi connectivity index (χ0) is 13.7. The van der Waals surface area contributed by atoms with Gasteiger partial charge in [0.15, 0.2) is 0 Å². The van der Waals surface area contributed by atoms with Crippen molar-refractivity contribution < 1.29 is 4.92 Å². The first-order valence-corrected chi connectivity index (χ1v) is 6.08. The highest BCUT2D eigenvalue weighted by atomic mass is 16.6. The summed E-state index contributed by atoms with van der Waals surface area (Å²) in [5.41, 5.74) is 1.87. The summed E-state index contributed by atoms with van der Waals surface area (Å²) in [4.78, 5) is 10.5. The Morgan fingerprint density at radius 1 is 1.37 bits per heavy atom. The normalized spacial score (nSPS) is 10.6. The molecule has 1 heterocycles. The number of aryl methyl sites for hydroxylation is 1. The molecule has 0 radical (unpaired) electrons. The van der Waals surface area contributed by atoms with Gasteiger partial charge in [-0.3, -0.25) is 14.8 Å². The van der Waals surface area contributed by atoms with E-state index in [0.717, 1.165) is 18.7 Å². The Labute approximate surface area is 111 Å². The van der Waals surface area contributed by atoms with E-state index < -0.39 is 0 Å². The SMILES string of the molecule is Cn1ccc(CCNCc2ccccc2[N+](=O)[O-])n1. The minimum atomic E-state index is -0.351. The van der Waals surface area contributed by atoms with Crippen molar-refractivity contribution in [2.45, 2.75) is 13.0 Å². The number of nitrogens with zero attached hydrogens (tertiary/aromatic N) is 3. The third kappa shape index (κ3) is 3.62. The molecule has 0 unspecified atom stereocenters. The summed E-state index contributed by atoms with van der Waals surface area (Å²) in [7, 11) is 1.88. The van der Waals surface area contributed by atoms with Gasteiger partial charge in [-0.2, -0.15) is 5.10 Å². The van der Waals surface area contributed by atoms with Gasteiger partial charge in [0.1, 0.15) is 0 Å². The molecule has 0 saturated heterocycles. The van der Waals surface area contributed by atoms with Crippen molar-refractivity contribution in [2.24, 2.45) is 7.05 Å². The summed E-state index contributed by atoms with van der Waals surface area (Å²) in [6.45, 7) is 1.23. The van der Waals surface area contributed by atoms with E-state index in [2.05, 4.69) is 10.4 Å². The van der Waals surface area contributed by atoms with Gasteiger partial charge in [0.2, 0.25) is 0 Å². The van der Waals surface area contributed by atoms with Gasteiger partial charge in [0, 0.05) is 44.4 Å². The average molecular weight is 260 g/mol. The van der Waals surface area contributed by atoms with Crippen LogP contribution in [0.4, 0.5) is 5.69 Å². The van der Waals surface area contributed by atoms with E-state index in [0.29, 0.717) is 12.1 Å². The number of hydrogen-bond acceptors (Lipinski definition) is 4. The van der Waals surface area contributed by atoms with Crippen molar-refractivity contribution in [2.75, 3.05) is 6.54 Å². The number of rotatable bonds is 6. The van der Waals surface area contributed by atoms with Crippen LogP contribution < -0.4 is 5.32 Å². The van der Waals surface area contributed by atoms with Crippen LogP contribution in [0.3, 0.4) is 0 Å². The Kier molecular flexibility index (Phi) is 4.25. The number of benzene rings is 1. The van der Waals surface area contributed by atoms with E-state index in [9.17, 15) is 10.1 Å². The first kappa shape index (κ1) is 13.2. The number of nitro groups is 1. The molecule has 0 bridgehead atoms. The molecular weight excluding hydrogens is 244 g/mol. The highest BCUT2D eigenvalue weighted by Gasteiger charge is 2.11. The van der Waals surface area contributed by atoms with E-state index in [1.54, 1.807) is 16.8 Å². The maximum atomic E-state index is 10.8. The molecule has 1 aromatic heterocycles. The van der Waals surface area contributed by atoms with E-state index in [-0.39, 0.29) is 10.6 Å². The van der Waals surface area contributed by atoms with Gasteiger partial charge in [-0.15, -0.1) is 0 Å². The molecule has 0 atom stereocenters. The predicted octanol–water partition coefficient (Wildman–Crippen LogP) is 1.66. The van der Waals surface area contributed by atoms with Crippen molar-refractivity contribution in [3.05, 3.63) is 57.9 Å². The molecule has 0 aliphatic carbocycles. The van der Waals surface area contributed by atoms with E-state index in [1.165, 1.54) is 6.07 Å². The summed E-state index contributed by atoms with van der Waals surface area (Å²) in [6.07, 6.45) is 2.71. The van der Waals surface area contributed by atoms with Crippen molar-refractivity contribution in [3.8, 4) is 0 Å². The molecule has 19 heavy (non-hydrogen) atoms. The minimum Gasteiger partial charge on any atom is -0.312 e. The third-order valence-corrected chi connectivity index (χ3v) is 2.83. The van der Waals surface area contributed by atoms with Crippen LogP contribution >= 0.6 is 0 Å². The van der Waals surface area contributed by atoms with Crippen LogP contribution in [0, 0.1) is 10.1 Å². The first-order chi connectivity index (χ1) is 9.16. The third-order valence-electron chi connectivity index (χ3n) is 2.83. The molecule has 0 saturated carbocycles. The number of nitro benzene ring substituents is 1. The molecule has 2 rings (SSSR count). The highest BCUT2D eigenvalue weighted by Crippen LogP contribution is 2.16. The van der Waals surface area contributed by atoms with Crippen molar-refractivity contribution in [1.82, 2.24) is 15.1 Å². The Morgan fingerprint density at radius 3 is 2.84 bits per heavy atom. The number of aromatic nitrogens is 2. The van der Waals surface area contributed by atoms with Crippen molar-refractivity contribution in [3.63, 3.8) is 0 Å². The van der Waals surface area contributed by atoms with Crippen LogP contribution in [0.15, 0.2) is 36.5 Å². The van der Waals surface area contributed by atoms with Gasteiger partial charge >= 0.3 is 0 Å². The number of para-hydroxylation sites is 1. The lowest BCUT2D eigenvalue weighted by atomic mass is 10.2. The van der Waals surface area contributed by atoms with Crippen LogP contribution in [0.25, 0.3) is 0 Å². The van der Waals surface area contributed by atoms with Crippen LogP contribution in [0.1, 0.15) is 11.3 Å². The molecule has 6 heteroatoms. The molecule has 0 amide bonds. The largest absolute Gasteiger partial charge is 0.312 e. The van der Waals surface area contributed by atoms with Crippen molar-refractivity contribution in [1.29, 1.82) is 0 Å².